The molecule has 2 rings (SSSR count). The molecule has 1 aliphatic heterocycles. The Balaban J connectivity index is 2.32. The predicted octanol–water partition coefficient (Wildman–Crippen LogP) is 1.37. The molecule has 0 saturated carbocycles. The van der Waals surface area contributed by atoms with Crippen LogP contribution in [0.25, 0.3) is 0 Å². The number of aliphatic hydroxyl groups excluding tert-OH is 1. The van der Waals surface area contributed by atoms with Crippen molar-refractivity contribution in [2.24, 2.45) is 0 Å². The van der Waals surface area contributed by atoms with Gasteiger partial charge in [-0.1, -0.05) is 0 Å². The molecule has 1 N–H and O–H groups in total. The molecule has 4 nitrogen and oxygen atoms in total. The average Bonchev–Trinajstić information content (AvgIpc) is 2.62. The van der Waals surface area contributed by atoms with Gasteiger partial charge in [-0.3, -0.25) is 0 Å². The molecule has 0 aromatic carbocycles. The molecule has 1 aliphatic rings. The summed E-state index contributed by atoms with van der Waals surface area (Å²) in [6, 6.07) is 0.922. The summed E-state index contributed by atoms with van der Waals surface area (Å²) >= 11 is 0. The maximum absolute atomic E-state index is 12.6. The van der Waals surface area contributed by atoms with E-state index in [9.17, 15) is 18.3 Å². The molecule has 94 valence electrons. The van der Waals surface area contributed by atoms with Crippen molar-refractivity contribution in [2.45, 2.75) is 25.6 Å². The lowest BCUT2D eigenvalue weighted by Gasteiger charge is -2.18. The molecule has 0 spiro atoms. The number of hydrogen-bond donors (Lipinski definition) is 1. The molecule has 0 bridgehead atoms. The molecule has 0 unspecified atom stereocenters. The second kappa shape index (κ2) is 4.14. The number of alkyl halides is 3. The van der Waals surface area contributed by atoms with Crippen molar-refractivity contribution in [3.8, 4) is 0 Å². The van der Waals surface area contributed by atoms with Gasteiger partial charge in [0.2, 0.25) is 0 Å². The zero-order valence-corrected chi connectivity index (χ0v) is 9.20. The topological polar surface area (TPSA) is 49.2 Å². The highest BCUT2D eigenvalue weighted by molar-refractivity contribution is 5.41. The predicted molar refractivity (Wildman–Crippen MR) is 54.6 cm³/mol. The maximum Gasteiger partial charge on any atom is 0.433 e. The van der Waals surface area contributed by atoms with Crippen molar-refractivity contribution in [1.82, 2.24) is 9.97 Å². The molecule has 1 saturated heterocycles. The summed E-state index contributed by atoms with van der Waals surface area (Å²) < 4.78 is 37.7. The van der Waals surface area contributed by atoms with Crippen LogP contribution in [-0.2, 0) is 6.18 Å². The molecular weight excluding hydrogens is 235 g/mol. The van der Waals surface area contributed by atoms with Crippen molar-refractivity contribution in [2.75, 3.05) is 18.0 Å². The van der Waals surface area contributed by atoms with Gasteiger partial charge in [-0.15, -0.1) is 0 Å². The van der Waals surface area contributed by atoms with Gasteiger partial charge in [-0.2, -0.15) is 13.2 Å². The summed E-state index contributed by atoms with van der Waals surface area (Å²) in [5.41, 5.74) is -0.943. The number of rotatable bonds is 1. The smallest absolute Gasteiger partial charge is 0.391 e. The highest BCUT2D eigenvalue weighted by atomic mass is 19.4. The quantitative estimate of drug-likeness (QED) is 0.814. The van der Waals surface area contributed by atoms with Gasteiger partial charge in [0.15, 0.2) is 0 Å². The monoisotopic (exact) mass is 247 g/mol. The second-order valence-corrected chi connectivity index (χ2v) is 4.04. The van der Waals surface area contributed by atoms with Gasteiger partial charge in [0, 0.05) is 19.2 Å². The Hall–Kier alpha value is -1.37. The van der Waals surface area contributed by atoms with Crippen molar-refractivity contribution < 1.29 is 18.3 Å². The first-order valence-electron chi connectivity index (χ1n) is 5.22. The fourth-order valence-corrected chi connectivity index (χ4v) is 1.81. The fourth-order valence-electron chi connectivity index (χ4n) is 1.81. The number of aromatic nitrogens is 2. The van der Waals surface area contributed by atoms with Crippen LogP contribution in [0.2, 0.25) is 0 Å². The highest BCUT2D eigenvalue weighted by Gasteiger charge is 2.34. The van der Waals surface area contributed by atoms with Gasteiger partial charge in [-0.05, 0) is 13.3 Å². The number of hydrogen-bond acceptors (Lipinski definition) is 4. The molecule has 0 aliphatic carbocycles. The summed E-state index contributed by atoms with van der Waals surface area (Å²) in [4.78, 5) is 8.97. The summed E-state index contributed by atoms with van der Waals surface area (Å²) in [6.07, 6.45) is -4.43. The highest BCUT2D eigenvalue weighted by Crippen LogP contribution is 2.30. The molecule has 1 aromatic rings. The molecule has 1 fully saturated rings. The van der Waals surface area contributed by atoms with Crippen LogP contribution in [0, 0.1) is 6.92 Å². The van der Waals surface area contributed by atoms with Gasteiger partial charge >= 0.3 is 6.18 Å². The Labute approximate surface area is 96.1 Å². The third-order valence-electron chi connectivity index (χ3n) is 2.60. The van der Waals surface area contributed by atoms with E-state index in [2.05, 4.69) is 9.97 Å². The lowest BCUT2D eigenvalue weighted by Crippen LogP contribution is -2.23. The first-order chi connectivity index (χ1) is 7.86. The average molecular weight is 247 g/mol. The molecule has 1 aromatic heterocycles. The van der Waals surface area contributed by atoms with Crippen LogP contribution in [-0.4, -0.2) is 34.3 Å². The lowest BCUT2D eigenvalue weighted by molar-refractivity contribution is -0.141. The van der Waals surface area contributed by atoms with E-state index in [-0.39, 0.29) is 11.6 Å². The normalized spacial score (nSPS) is 21.0. The van der Waals surface area contributed by atoms with Gasteiger partial charge in [-0.25, -0.2) is 9.97 Å². The van der Waals surface area contributed by atoms with E-state index in [0.717, 1.165) is 6.07 Å². The molecule has 0 radical (unpaired) electrons. The standard InChI is InChI=1S/C10H12F3N3O/c1-6-14-8(10(11,12)13)4-9(15-6)16-3-2-7(17)5-16/h4,7,17H,2-3,5H2,1H3/t7-/m1/s1. The lowest BCUT2D eigenvalue weighted by atomic mass is 10.3. The van der Waals surface area contributed by atoms with Crippen LogP contribution in [0.1, 0.15) is 17.9 Å². The number of aryl methyl sites for hydroxylation is 1. The molecule has 2 heterocycles. The number of aliphatic hydroxyl groups is 1. The van der Waals surface area contributed by atoms with E-state index in [1.54, 1.807) is 4.90 Å². The minimum absolute atomic E-state index is 0.0798. The van der Waals surface area contributed by atoms with Crippen LogP contribution in [0.4, 0.5) is 19.0 Å². The van der Waals surface area contributed by atoms with Crippen molar-refractivity contribution in [1.29, 1.82) is 0 Å². The first kappa shape index (κ1) is 12.1. The van der Waals surface area contributed by atoms with Gasteiger partial charge in [0.05, 0.1) is 6.10 Å². The molecule has 7 heteroatoms. The van der Waals surface area contributed by atoms with Gasteiger partial charge < -0.3 is 10.0 Å². The summed E-state index contributed by atoms with van der Waals surface area (Å²) in [5, 5.41) is 9.35. The fraction of sp³-hybridized carbons (Fsp3) is 0.600. The van der Waals surface area contributed by atoms with Crippen molar-refractivity contribution >= 4 is 5.82 Å². The SMILES string of the molecule is Cc1nc(N2CC[C@@H](O)C2)cc(C(F)(F)F)n1. The van der Waals surface area contributed by atoms with E-state index >= 15 is 0 Å². The molecule has 1 atom stereocenters. The first-order valence-corrected chi connectivity index (χ1v) is 5.22. The Bertz CT molecular complexity index is 422. The zero-order valence-electron chi connectivity index (χ0n) is 9.20. The maximum atomic E-state index is 12.6. The van der Waals surface area contributed by atoms with Crippen LogP contribution >= 0.6 is 0 Å². The largest absolute Gasteiger partial charge is 0.433 e. The van der Waals surface area contributed by atoms with E-state index < -0.39 is 18.0 Å². The minimum Gasteiger partial charge on any atom is -0.391 e. The number of nitrogens with zero attached hydrogens (tertiary/aromatic N) is 3. The van der Waals surface area contributed by atoms with Crippen LogP contribution in [0.5, 0.6) is 0 Å². The van der Waals surface area contributed by atoms with Crippen molar-refractivity contribution in [3.63, 3.8) is 0 Å². The van der Waals surface area contributed by atoms with Crippen LogP contribution in [0.3, 0.4) is 0 Å². The van der Waals surface area contributed by atoms with Crippen LogP contribution in [0.15, 0.2) is 6.07 Å². The second-order valence-electron chi connectivity index (χ2n) is 4.04. The third-order valence-corrected chi connectivity index (χ3v) is 2.60. The van der Waals surface area contributed by atoms with Gasteiger partial charge in [0.1, 0.15) is 17.3 Å². The van der Waals surface area contributed by atoms with E-state index in [1.807, 2.05) is 0 Å². The Kier molecular flexibility index (Phi) is 2.94. The van der Waals surface area contributed by atoms with E-state index in [4.69, 9.17) is 0 Å². The Morgan fingerprint density at radius 3 is 2.65 bits per heavy atom. The number of β-amino-alcohol motifs (C(OH)–C–C–N with tert-alkyl or cyclic N) is 1. The summed E-state index contributed by atoms with van der Waals surface area (Å²) in [5.74, 6) is 0.303. The molecular formula is C10H12F3N3O. The molecule has 0 amide bonds. The minimum atomic E-state index is -4.47. The van der Waals surface area contributed by atoms with Crippen molar-refractivity contribution in [3.05, 3.63) is 17.6 Å². The molecule has 17 heavy (non-hydrogen) atoms. The Morgan fingerprint density at radius 2 is 2.12 bits per heavy atom. The van der Waals surface area contributed by atoms with Gasteiger partial charge in [0.25, 0.3) is 0 Å². The summed E-state index contributed by atoms with van der Waals surface area (Å²) in [7, 11) is 0. The summed E-state index contributed by atoms with van der Waals surface area (Å²) in [6.45, 7) is 2.24. The van der Waals surface area contributed by atoms with E-state index in [0.29, 0.717) is 19.5 Å². The zero-order chi connectivity index (χ0) is 12.6. The van der Waals surface area contributed by atoms with E-state index in [1.165, 1.54) is 6.92 Å². The van der Waals surface area contributed by atoms with Crippen LogP contribution < -0.4 is 4.90 Å². The Morgan fingerprint density at radius 1 is 1.41 bits per heavy atom. The third kappa shape index (κ3) is 2.66. The number of anilines is 1. The number of halogens is 3.